The summed E-state index contributed by atoms with van der Waals surface area (Å²) in [6.07, 6.45) is 13.3. The Kier molecular flexibility index (Phi) is 1.57. The lowest BCUT2D eigenvalue weighted by atomic mass is 9.54. The van der Waals surface area contributed by atoms with Crippen molar-refractivity contribution in [1.29, 1.82) is 0 Å². The molecule has 0 atom stereocenters. The van der Waals surface area contributed by atoms with E-state index in [0.29, 0.717) is 0 Å². The molecule has 4 bridgehead atoms. The van der Waals surface area contributed by atoms with Crippen LogP contribution >= 0.6 is 0 Å². The van der Waals surface area contributed by atoms with Crippen molar-refractivity contribution in [1.82, 2.24) is 0 Å². The summed E-state index contributed by atoms with van der Waals surface area (Å²) in [5.41, 5.74) is 1.67. The smallest absolute Gasteiger partial charge is 0.216 e. The molecule has 0 aromatic rings. The van der Waals surface area contributed by atoms with Gasteiger partial charge in [-0.3, -0.25) is 0 Å². The zero-order chi connectivity index (χ0) is 9.83. The van der Waals surface area contributed by atoms with Gasteiger partial charge in [-0.2, -0.15) is 0 Å². The number of rotatable bonds is 0. The molecule has 1 nitrogen and oxygen atoms in total. The maximum Gasteiger partial charge on any atom is 0.352 e. The topological polar surface area (TPSA) is 11.3 Å². The van der Waals surface area contributed by atoms with Crippen LogP contribution in [0.25, 0.3) is 0 Å². The Morgan fingerprint density at radius 1 is 0.933 bits per heavy atom. The van der Waals surface area contributed by atoms with E-state index in [0.717, 1.165) is 23.7 Å². The van der Waals surface area contributed by atoms with Crippen LogP contribution in [-0.4, -0.2) is 6.29 Å². The minimum atomic E-state index is 0.868. The minimum absolute atomic E-state index is 0.868. The molecule has 0 spiro atoms. The molecule has 0 unspecified atom stereocenters. The van der Waals surface area contributed by atoms with E-state index in [2.05, 4.69) is 6.08 Å². The summed E-state index contributed by atoms with van der Waals surface area (Å²) in [5.74, 6) is 5.03. The Balaban J connectivity index is 1.79. The third-order valence-corrected chi connectivity index (χ3v) is 4.82. The highest BCUT2D eigenvalue weighted by atomic mass is 16.4. The van der Waals surface area contributed by atoms with E-state index in [1.54, 1.807) is 5.57 Å². The molecule has 5 aliphatic rings. The van der Waals surface area contributed by atoms with Crippen molar-refractivity contribution in [3.8, 4) is 0 Å². The Bertz CT molecular complexity index is 342. The fourth-order valence-corrected chi connectivity index (χ4v) is 4.54. The molecule has 0 radical (unpaired) electrons. The van der Waals surface area contributed by atoms with Gasteiger partial charge >= 0.3 is 12.0 Å². The Morgan fingerprint density at radius 2 is 1.60 bits per heavy atom. The molecule has 4 aliphatic carbocycles. The molecule has 0 N–H and O–H groups in total. The molecule has 1 heteroatoms. The van der Waals surface area contributed by atoms with Crippen LogP contribution in [0.4, 0.5) is 0 Å². The van der Waals surface area contributed by atoms with Gasteiger partial charge in [0.25, 0.3) is 0 Å². The Morgan fingerprint density at radius 3 is 2.13 bits per heavy atom. The molecule has 5 rings (SSSR count). The van der Waals surface area contributed by atoms with Crippen molar-refractivity contribution >= 4 is 6.29 Å². The SMILES string of the molecule is C1=CC(=C2C3CC4CC(C3)CC2C4)[O+]=C1. The summed E-state index contributed by atoms with van der Waals surface area (Å²) in [4.78, 5) is 0. The van der Waals surface area contributed by atoms with Gasteiger partial charge in [-0.1, -0.05) is 0 Å². The number of hydrogen-bond acceptors (Lipinski definition) is 0. The van der Waals surface area contributed by atoms with E-state index in [1.807, 2.05) is 12.4 Å². The van der Waals surface area contributed by atoms with Crippen molar-refractivity contribution < 1.29 is 4.42 Å². The molecule has 0 aromatic heterocycles. The van der Waals surface area contributed by atoms with E-state index >= 15 is 0 Å². The third kappa shape index (κ3) is 1.12. The maximum atomic E-state index is 5.62. The van der Waals surface area contributed by atoms with Crippen molar-refractivity contribution in [2.75, 3.05) is 0 Å². The molecule has 1 heterocycles. The summed E-state index contributed by atoms with van der Waals surface area (Å²) in [6.45, 7) is 0. The van der Waals surface area contributed by atoms with Gasteiger partial charge in [-0.25, -0.2) is 4.42 Å². The standard InChI is InChI=1S/C14H17O/c1-2-13(15-3-1)14-11-5-9-4-10(7-11)8-12(14)6-9/h1-3,9-12H,4-8H2/q+1. The fraction of sp³-hybridized carbons (Fsp3) is 0.643. The summed E-state index contributed by atoms with van der Waals surface area (Å²) < 4.78 is 5.62. The maximum absolute atomic E-state index is 5.62. The van der Waals surface area contributed by atoms with E-state index in [4.69, 9.17) is 4.42 Å². The van der Waals surface area contributed by atoms with Gasteiger partial charge in [0.1, 0.15) is 0 Å². The first-order valence-electron chi connectivity index (χ1n) is 6.31. The molecule has 0 saturated heterocycles. The van der Waals surface area contributed by atoms with Crippen LogP contribution in [0.3, 0.4) is 0 Å². The number of hydrogen-bond donors (Lipinski definition) is 0. The minimum Gasteiger partial charge on any atom is -0.216 e. The summed E-state index contributed by atoms with van der Waals surface area (Å²) >= 11 is 0. The van der Waals surface area contributed by atoms with Crippen molar-refractivity contribution in [3.63, 3.8) is 0 Å². The van der Waals surface area contributed by atoms with Crippen molar-refractivity contribution in [3.05, 3.63) is 23.5 Å². The highest BCUT2D eigenvalue weighted by molar-refractivity contribution is 5.69. The largest absolute Gasteiger partial charge is 0.352 e. The quantitative estimate of drug-likeness (QED) is 0.421. The van der Waals surface area contributed by atoms with E-state index in [-0.39, 0.29) is 0 Å². The second-order valence-electron chi connectivity index (χ2n) is 5.74. The first kappa shape index (κ1) is 8.32. The van der Waals surface area contributed by atoms with Crippen LogP contribution in [-0.2, 0) is 4.42 Å². The number of aldehydes is 1. The molecule has 0 aromatic carbocycles. The highest BCUT2D eigenvalue weighted by Crippen LogP contribution is 2.57. The second-order valence-corrected chi connectivity index (χ2v) is 5.74. The average molecular weight is 201 g/mol. The molecular formula is C14H17O+. The normalized spacial score (nSPS) is 45.9. The van der Waals surface area contributed by atoms with Gasteiger partial charge in [-0.05, 0) is 55.8 Å². The van der Waals surface area contributed by atoms with Crippen LogP contribution < -0.4 is 0 Å². The van der Waals surface area contributed by atoms with Gasteiger partial charge in [0.15, 0.2) is 0 Å². The molecule has 4 fully saturated rings. The molecule has 15 heavy (non-hydrogen) atoms. The lowest BCUT2D eigenvalue weighted by molar-refractivity contribution is -0.383. The van der Waals surface area contributed by atoms with Crippen LogP contribution in [0.1, 0.15) is 32.1 Å². The first-order chi connectivity index (χ1) is 7.40. The van der Waals surface area contributed by atoms with Gasteiger partial charge < -0.3 is 0 Å². The van der Waals surface area contributed by atoms with Crippen LogP contribution in [0.5, 0.6) is 0 Å². The number of allylic oxidation sites excluding steroid dienone is 3. The van der Waals surface area contributed by atoms with Gasteiger partial charge in [0.2, 0.25) is 0 Å². The van der Waals surface area contributed by atoms with E-state index in [1.165, 1.54) is 37.9 Å². The summed E-state index contributed by atoms with van der Waals surface area (Å²) in [7, 11) is 0. The van der Waals surface area contributed by atoms with Gasteiger partial charge in [0, 0.05) is 11.6 Å². The molecule has 0 amide bonds. The van der Waals surface area contributed by atoms with Gasteiger partial charge in [-0.15, -0.1) is 0 Å². The lowest BCUT2D eigenvalue weighted by Crippen LogP contribution is -2.40. The summed E-state index contributed by atoms with van der Waals surface area (Å²) in [6, 6.07) is 0. The first-order valence-corrected chi connectivity index (χ1v) is 6.31. The van der Waals surface area contributed by atoms with Crippen molar-refractivity contribution in [2.45, 2.75) is 32.1 Å². The number of carbonyl (C=O) groups excluding carboxylic acids is 1. The third-order valence-electron chi connectivity index (χ3n) is 4.82. The zero-order valence-corrected chi connectivity index (χ0v) is 8.99. The van der Waals surface area contributed by atoms with E-state index < -0.39 is 0 Å². The van der Waals surface area contributed by atoms with Crippen molar-refractivity contribution in [2.24, 2.45) is 23.7 Å². The predicted molar refractivity (Wildman–Crippen MR) is 59.3 cm³/mol. The van der Waals surface area contributed by atoms with Gasteiger partial charge in [0.05, 0.1) is 6.08 Å². The second kappa shape index (κ2) is 2.84. The Labute approximate surface area is 90.6 Å². The van der Waals surface area contributed by atoms with Crippen LogP contribution in [0.2, 0.25) is 0 Å². The predicted octanol–water partition coefficient (Wildman–Crippen LogP) is 3.00. The Hall–Kier alpha value is -0.850. The van der Waals surface area contributed by atoms with E-state index in [9.17, 15) is 0 Å². The molecule has 4 saturated carbocycles. The zero-order valence-electron chi connectivity index (χ0n) is 8.99. The lowest BCUT2D eigenvalue weighted by Gasteiger charge is -2.50. The molecule has 78 valence electrons. The highest BCUT2D eigenvalue weighted by Gasteiger charge is 2.48. The molecule has 1 aliphatic heterocycles. The molecular weight excluding hydrogens is 184 g/mol. The fourth-order valence-electron chi connectivity index (χ4n) is 4.54. The van der Waals surface area contributed by atoms with Crippen LogP contribution in [0, 0.1) is 23.7 Å². The average Bonchev–Trinajstić information content (AvgIpc) is 2.69. The summed E-state index contributed by atoms with van der Waals surface area (Å²) in [5, 5.41) is 0. The van der Waals surface area contributed by atoms with Crippen LogP contribution in [0.15, 0.2) is 23.5 Å². The monoisotopic (exact) mass is 201 g/mol.